The molecule has 16 heteroatoms. The molecule has 55 heavy (non-hydrogen) atoms. The molecule has 2 aromatic carbocycles. The van der Waals surface area contributed by atoms with Crippen molar-refractivity contribution in [1.82, 2.24) is 30.8 Å². The number of aliphatic hydroxyl groups is 5. The molecular formula is C39H59ClN8O7. The molecule has 0 aliphatic rings. The van der Waals surface area contributed by atoms with Crippen LogP contribution in [0.4, 0.5) is 11.6 Å². The van der Waals surface area contributed by atoms with Crippen LogP contribution in [-0.4, -0.2) is 129 Å². The van der Waals surface area contributed by atoms with Gasteiger partial charge >= 0.3 is 0 Å². The molecule has 1 aromatic heterocycles. The minimum Gasteiger partial charge on any atom is -0.394 e. The van der Waals surface area contributed by atoms with Crippen molar-refractivity contribution in [1.29, 1.82) is 0 Å². The third-order valence-corrected chi connectivity index (χ3v) is 9.77. The summed E-state index contributed by atoms with van der Waals surface area (Å²) in [5.41, 5.74) is 15.3. The monoisotopic (exact) mass is 786 g/mol. The Kier molecular flexibility index (Phi) is 19.7. The van der Waals surface area contributed by atoms with Gasteiger partial charge < -0.3 is 53.0 Å². The van der Waals surface area contributed by atoms with Gasteiger partial charge in [0.15, 0.2) is 22.5 Å². The highest BCUT2D eigenvalue weighted by atomic mass is 35.5. The summed E-state index contributed by atoms with van der Waals surface area (Å²) in [5, 5.41) is 58.8. The van der Waals surface area contributed by atoms with Gasteiger partial charge in [0.2, 0.25) is 0 Å². The number of hydrogen-bond acceptors (Lipinski definition) is 13. The van der Waals surface area contributed by atoms with Crippen LogP contribution < -0.4 is 27.4 Å². The summed E-state index contributed by atoms with van der Waals surface area (Å²) in [4.78, 5) is 35.7. The number of nitrogens with one attached hydrogen (secondary N) is 3. The summed E-state index contributed by atoms with van der Waals surface area (Å²) < 4.78 is 0. The maximum Gasteiger partial charge on any atom is 0.273 e. The minimum atomic E-state index is -1.69. The lowest BCUT2D eigenvalue weighted by Crippen LogP contribution is -2.50. The van der Waals surface area contributed by atoms with Crippen LogP contribution in [0.2, 0.25) is 5.15 Å². The predicted octanol–water partition coefficient (Wildman–Crippen LogP) is 1.07. The molecule has 3 rings (SSSR count). The summed E-state index contributed by atoms with van der Waals surface area (Å²) in [6, 6.07) is 15.5. The number of nitrogen functional groups attached to an aromatic ring is 2. The lowest BCUT2D eigenvalue weighted by atomic mass is 9.95. The number of carbonyl (C=O) groups excluding carboxylic acids is 2. The van der Waals surface area contributed by atoms with Crippen LogP contribution in [0, 0.1) is 12.8 Å². The van der Waals surface area contributed by atoms with Gasteiger partial charge in [0, 0.05) is 31.7 Å². The van der Waals surface area contributed by atoms with E-state index in [1.165, 1.54) is 5.56 Å². The summed E-state index contributed by atoms with van der Waals surface area (Å²) in [7, 11) is 0. The second kappa shape index (κ2) is 23.9. The molecule has 0 aliphatic heterocycles. The molecule has 5 atom stereocenters. The quantitative estimate of drug-likeness (QED) is 0.0541. The molecule has 0 spiro atoms. The molecule has 12 N–H and O–H groups in total. The number of halogens is 1. The number of rotatable bonds is 25. The van der Waals surface area contributed by atoms with Crippen molar-refractivity contribution in [2.45, 2.75) is 76.8 Å². The molecule has 0 saturated carbocycles. The van der Waals surface area contributed by atoms with Gasteiger partial charge in [-0.2, -0.15) is 0 Å². The summed E-state index contributed by atoms with van der Waals surface area (Å²) in [6.07, 6.45) is -0.863. The zero-order valence-corrected chi connectivity index (χ0v) is 32.6. The molecule has 0 bridgehead atoms. The number of nitrogens with two attached hydrogens (primary N) is 2. The van der Waals surface area contributed by atoms with Crippen LogP contribution in [-0.2, 0) is 12.8 Å². The van der Waals surface area contributed by atoms with E-state index in [1.807, 2.05) is 29.2 Å². The van der Waals surface area contributed by atoms with Crippen molar-refractivity contribution in [3.8, 4) is 0 Å². The number of carbonyl (C=O) groups is 2. The number of benzene rings is 2. The lowest BCUT2D eigenvalue weighted by Gasteiger charge is -2.30. The Bertz CT molecular complexity index is 1620. The Morgan fingerprint density at radius 3 is 2.24 bits per heavy atom. The summed E-state index contributed by atoms with van der Waals surface area (Å²) >= 11 is 5.97. The van der Waals surface area contributed by atoms with Crippen molar-refractivity contribution >= 4 is 35.1 Å². The zero-order valence-electron chi connectivity index (χ0n) is 31.8. The van der Waals surface area contributed by atoms with Crippen LogP contribution in [0.25, 0.3) is 0 Å². The highest BCUT2D eigenvalue weighted by Gasteiger charge is 2.31. The molecule has 1 heterocycles. The lowest BCUT2D eigenvalue weighted by molar-refractivity contribution is -0.119. The molecule has 3 aromatic rings. The number of aliphatic hydroxyl groups excluding tert-OH is 5. The normalized spacial score (nSPS) is 14.3. The number of anilines is 2. The molecular weight excluding hydrogens is 728 g/mol. The van der Waals surface area contributed by atoms with Crippen molar-refractivity contribution in [2.75, 3.05) is 63.9 Å². The molecule has 0 radical (unpaired) electrons. The van der Waals surface area contributed by atoms with Crippen LogP contribution in [0.3, 0.4) is 0 Å². The average molecular weight is 787 g/mol. The smallest absolute Gasteiger partial charge is 0.273 e. The van der Waals surface area contributed by atoms with Crippen molar-refractivity contribution in [3.05, 3.63) is 81.6 Å². The average Bonchev–Trinajstić information content (AvgIpc) is 3.18. The SMILES string of the molecule is CCCCCCN(CCNC(=O)c1ccc(CCNC[C@@H](CNC(=O)c2nc(Cl)c(N)nc2N)Cc2ccccc2C)cc1)C[C@H](O)[C@@H](O)[C@H](O)[C@H](O)CO. The van der Waals surface area contributed by atoms with Gasteiger partial charge in [-0.05, 0) is 80.6 Å². The van der Waals surface area contributed by atoms with E-state index in [2.05, 4.69) is 51.9 Å². The largest absolute Gasteiger partial charge is 0.394 e. The summed E-state index contributed by atoms with van der Waals surface area (Å²) in [5.74, 6) is -0.831. The summed E-state index contributed by atoms with van der Waals surface area (Å²) in [6.45, 7) is 6.39. The second-order valence-electron chi connectivity index (χ2n) is 13.9. The van der Waals surface area contributed by atoms with E-state index >= 15 is 0 Å². The molecule has 15 nitrogen and oxygen atoms in total. The Balaban J connectivity index is 1.50. The molecule has 0 aliphatic carbocycles. The Morgan fingerprint density at radius 2 is 1.55 bits per heavy atom. The molecule has 0 saturated heterocycles. The first kappa shape index (κ1) is 45.5. The fourth-order valence-electron chi connectivity index (χ4n) is 6.08. The van der Waals surface area contributed by atoms with Crippen LogP contribution in [0.15, 0.2) is 48.5 Å². The highest BCUT2D eigenvalue weighted by Crippen LogP contribution is 2.18. The van der Waals surface area contributed by atoms with Gasteiger partial charge in [0.25, 0.3) is 11.8 Å². The van der Waals surface area contributed by atoms with E-state index in [0.29, 0.717) is 51.3 Å². The van der Waals surface area contributed by atoms with Gasteiger partial charge in [-0.1, -0.05) is 74.2 Å². The van der Waals surface area contributed by atoms with Gasteiger partial charge in [-0.25, -0.2) is 9.97 Å². The van der Waals surface area contributed by atoms with E-state index in [0.717, 1.165) is 43.2 Å². The topological polar surface area (TPSA) is 252 Å². The van der Waals surface area contributed by atoms with Crippen molar-refractivity contribution in [2.24, 2.45) is 5.92 Å². The Morgan fingerprint density at radius 1 is 0.836 bits per heavy atom. The molecule has 0 fully saturated rings. The maximum atomic E-state index is 13.0. The van der Waals surface area contributed by atoms with E-state index < -0.39 is 36.9 Å². The number of unbranched alkanes of at least 4 members (excludes halogenated alkanes) is 3. The van der Waals surface area contributed by atoms with Crippen LogP contribution >= 0.6 is 11.6 Å². The second-order valence-corrected chi connectivity index (χ2v) is 14.3. The molecule has 0 unspecified atom stereocenters. The number of aromatic nitrogens is 2. The maximum absolute atomic E-state index is 13.0. The first-order chi connectivity index (χ1) is 26.3. The van der Waals surface area contributed by atoms with Crippen LogP contribution in [0.1, 0.15) is 70.1 Å². The van der Waals surface area contributed by atoms with Gasteiger partial charge in [0.05, 0.1) is 12.7 Å². The number of hydrogen-bond donors (Lipinski definition) is 10. The standard InChI is InChI=1S/C39H59ClN8O7/c1-3-4-5-8-18-48(23-30(50)33(52)34(53)31(51)24-49)19-17-44-38(54)28-13-11-26(12-14-28)15-16-43-21-27(20-29-10-7-6-9-25(29)2)22-45-39(55)32-36(41)47-37(42)35(40)46-32/h6-7,9-14,27,30-31,33-34,43,49-53H,3-5,8,15-24H2,1-2H3,(H,44,54)(H,45,55)(H4,41,42,47)/t27-,30-,31+,33+,34+/m0/s1. The van der Waals surface area contributed by atoms with E-state index in [9.17, 15) is 30.0 Å². The zero-order chi connectivity index (χ0) is 40.3. The predicted molar refractivity (Wildman–Crippen MR) is 214 cm³/mol. The highest BCUT2D eigenvalue weighted by molar-refractivity contribution is 6.31. The van der Waals surface area contributed by atoms with E-state index in [4.69, 9.17) is 28.2 Å². The van der Waals surface area contributed by atoms with Gasteiger partial charge in [0.1, 0.15) is 18.3 Å². The fraction of sp³-hybridized carbons (Fsp3) is 0.538. The third-order valence-electron chi connectivity index (χ3n) is 9.49. The number of aryl methyl sites for hydroxylation is 1. The van der Waals surface area contributed by atoms with Crippen molar-refractivity contribution < 1.29 is 35.1 Å². The Hall–Kier alpha value is -3.93. The third kappa shape index (κ3) is 15.3. The van der Waals surface area contributed by atoms with Gasteiger partial charge in [-0.15, -0.1) is 0 Å². The number of nitrogens with zero attached hydrogens (tertiary/aromatic N) is 3. The van der Waals surface area contributed by atoms with E-state index in [1.54, 1.807) is 12.1 Å². The Labute approximate surface area is 328 Å². The van der Waals surface area contributed by atoms with Gasteiger partial charge in [-0.3, -0.25) is 14.5 Å². The fourth-order valence-corrected chi connectivity index (χ4v) is 6.21. The molecule has 2 amide bonds. The van der Waals surface area contributed by atoms with E-state index in [-0.39, 0.29) is 40.9 Å². The first-order valence-electron chi connectivity index (χ1n) is 18.9. The number of amides is 2. The minimum absolute atomic E-state index is 0.0195. The first-order valence-corrected chi connectivity index (χ1v) is 19.3. The van der Waals surface area contributed by atoms with Crippen LogP contribution in [0.5, 0.6) is 0 Å². The van der Waals surface area contributed by atoms with Crippen molar-refractivity contribution in [3.63, 3.8) is 0 Å². The molecule has 304 valence electrons.